The average Bonchev–Trinajstić information content (AvgIpc) is 4.08. The Hall–Kier alpha value is -8.46. The van der Waals surface area contributed by atoms with Crippen LogP contribution in [0.2, 0.25) is 0 Å². The van der Waals surface area contributed by atoms with Crippen molar-refractivity contribution in [2.75, 3.05) is 0 Å². The maximum Gasteiger partial charge on any atom is 0.0633 e. The molecule has 12 aromatic carbocycles. The third kappa shape index (κ3) is 3.95. The second kappa shape index (κ2) is 11.7. The Morgan fingerprint density at radius 1 is 0.219 bits per heavy atom. The topological polar surface area (TPSA) is 9.86 Å². The van der Waals surface area contributed by atoms with Gasteiger partial charge in [0.2, 0.25) is 0 Å². The number of aromatic nitrogens is 2. The summed E-state index contributed by atoms with van der Waals surface area (Å²) in [5.41, 5.74) is 17.7. The van der Waals surface area contributed by atoms with Crippen LogP contribution in [0.4, 0.5) is 0 Å². The molecule has 0 saturated heterocycles. The standard InChI is InChI=1S/C62H34N2/c1-3-19-45-43(17-1)57-49-21-5-7-27-53(49)63(37-29-31-39-41-23-9-13-35-15-11-25-47(55(35)41)51(39)33-37)61(57)60-46-20-4-2-18-44(46)58-50-22-6-8-28-54(50)64(62(58)59(45)60)38-30-32-40-42-24-10-14-36-16-12-26-48(56(36)42)52(40)34-38/h1-34H. The summed E-state index contributed by atoms with van der Waals surface area (Å²) in [5, 5.41) is 18.0. The Balaban J connectivity index is 1.11. The molecule has 2 nitrogen and oxygen atoms in total. The molecule has 2 aromatic heterocycles. The summed E-state index contributed by atoms with van der Waals surface area (Å²) in [6, 6.07) is 77.8. The molecule has 14 aromatic rings. The predicted octanol–water partition coefficient (Wildman–Crippen LogP) is 16.9. The van der Waals surface area contributed by atoms with E-state index in [-0.39, 0.29) is 0 Å². The first-order chi connectivity index (χ1) is 31.8. The minimum absolute atomic E-state index is 1.17. The molecule has 0 bridgehead atoms. The van der Waals surface area contributed by atoms with Crippen LogP contribution in [0.15, 0.2) is 206 Å². The first-order valence-electron chi connectivity index (χ1n) is 22.4. The van der Waals surface area contributed by atoms with Gasteiger partial charge in [0, 0.05) is 43.7 Å². The van der Waals surface area contributed by atoms with Crippen LogP contribution in [0.25, 0.3) is 153 Å². The van der Waals surface area contributed by atoms with Gasteiger partial charge in [0.05, 0.1) is 22.1 Å². The molecule has 0 saturated carbocycles. The Morgan fingerprint density at radius 2 is 0.562 bits per heavy atom. The van der Waals surface area contributed by atoms with Gasteiger partial charge in [-0.15, -0.1) is 0 Å². The molecule has 2 aliphatic rings. The molecule has 0 spiro atoms. The molecule has 16 rings (SSSR count). The lowest BCUT2D eigenvalue weighted by Gasteiger charge is -2.18. The van der Waals surface area contributed by atoms with Crippen molar-refractivity contribution in [1.82, 2.24) is 9.13 Å². The van der Waals surface area contributed by atoms with Gasteiger partial charge >= 0.3 is 0 Å². The van der Waals surface area contributed by atoms with E-state index in [9.17, 15) is 0 Å². The van der Waals surface area contributed by atoms with Gasteiger partial charge in [-0.3, -0.25) is 0 Å². The van der Waals surface area contributed by atoms with Crippen LogP contribution in [0.5, 0.6) is 0 Å². The van der Waals surface area contributed by atoms with E-state index in [0.717, 1.165) is 0 Å². The van der Waals surface area contributed by atoms with Crippen LogP contribution in [0.1, 0.15) is 0 Å². The minimum Gasteiger partial charge on any atom is -0.309 e. The number of fused-ring (bicyclic) bond motifs is 21. The number of para-hydroxylation sites is 2. The van der Waals surface area contributed by atoms with Crippen LogP contribution in [-0.2, 0) is 0 Å². The summed E-state index contributed by atoms with van der Waals surface area (Å²) < 4.78 is 5.17. The third-order valence-corrected chi connectivity index (χ3v) is 14.9. The quantitative estimate of drug-likeness (QED) is 0.154. The third-order valence-electron chi connectivity index (χ3n) is 14.9. The highest BCUT2D eigenvalue weighted by Gasteiger charge is 2.29. The Kier molecular flexibility index (Phi) is 6.08. The molecular weight excluding hydrogens is 773 g/mol. The number of benzene rings is 12. The molecular formula is C62H34N2. The predicted molar refractivity (Wildman–Crippen MR) is 272 cm³/mol. The summed E-state index contributed by atoms with van der Waals surface area (Å²) in [4.78, 5) is 0. The fraction of sp³-hybridized carbons (Fsp3) is 0. The number of hydrogen-bond donors (Lipinski definition) is 0. The van der Waals surface area contributed by atoms with E-state index in [4.69, 9.17) is 0 Å². The largest absolute Gasteiger partial charge is 0.309 e. The molecule has 0 amide bonds. The van der Waals surface area contributed by atoms with Gasteiger partial charge in [-0.2, -0.15) is 0 Å². The van der Waals surface area contributed by atoms with E-state index < -0.39 is 0 Å². The van der Waals surface area contributed by atoms with Crippen molar-refractivity contribution in [3.8, 4) is 55.9 Å². The van der Waals surface area contributed by atoms with Crippen molar-refractivity contribution in [2.24, 2.45) is 0 Å². The average molecular weight is 807 g/mol. The zero-order chi connectivity index (χ0) is 41.4. The van der Waals surface area contributed by atoms with Crippen molar-refractivity contribution >= 4 is 97.5 Å². The SMILES string of the molecule is c1cc2c3c(cccc3c1)-c1cc(-n3c4ccccc4c4c5ccccc5c5c(c6ccccc6c6c7ccccc7n(-c7ccc8c(c7)-c7cccc9cccc-8c79)c65)c43)ccc1-2. The highest BCUT2D eigenvalue weighted by atomic mass is 15.0. The fourth-order valence-electron chi connectivity index (χ4n) is 12.5. The molecule has 0 fully saturated rings. The van der Waals surface area contributed by atoms with Crippen molar-refractivity contribution in [1.29, 1.82) is 0 Å². The van der Waals surface area contributed by atoms with E-state index in [0.29, 0.717) is 0 Å². The number of hydrogen-bond acceptors (Lipinski definition) is 0. The second-order valence-corrected chi connectivity index (χ2v) is 17.9. The lowest BCUT2D eigenvalue weighted by atomic mass is 9.90. The zero-order valence-electron chi connectivity index (χ0n) is 34.5. The van der Waals surface area contributed by atoms with E-state index in [1.54, 1.807) is 0 Å². The van der Waals surface area contributed by atoms with Crippen molar-refractivity contribution in [3.63, 3.8) is 0 Å². The van der Waals surface area contributed by atoms with Crippen molar-refractivity contribution in [2.45, 2.75) is 0 Å². The monoisotopic (exact) mass is 806 g/mol. The summed E-state index contributed by atoms with van der Waals surface area (Å²) in [5.74, 6) is 0. The molecule has 2 heteroatoms. The highest BCUT2D eigenvalue weighted by molar-refractivity contribution is 6.44. The molecule has 2 heterocycles. The molecule has 2 aliphatic carbocycles. The lowest BCUT2D eigenvalue weighted by molar-refractivity contribution is 1.18. The van der Waals surface area contributed by atoms with E-state index in [2.05, 4.69) is 215 Å². The Labute approximate surface area is 367 Å². The van der Waals surface area contributed by atoms with Gasteiger partial charge in [0.25, 0.3) is 0 Å². The molecule has 0 radical (unpaired) electrons. The Morgan fingerprint density at radius 3 is 0.969 bits per heavy atom. The van der Waals surface area contributed by atoms with Crippen LogP contribution in [0.3, 0.4) is 0 Å². The summed E-state index contributed by atoms with van der Waals surface area (Å²) in [6.45, 7) is 0. The van der Waals surface area contributed by atoms with E-state index >= 15 is 0 Å². The van der Waals surface area contributed by atoms with Crippen LogP contribution in [0, 0.1) is 0 Å². The summed E-state index contributed by atoms with van der Waals surface area (Å²) >= 11 is 0. The van der Waals surface area contributed by atoms with Gasteiger partial charge in [-0.25, -0.2) is 0 Å². The van der Waals surface area contributed by atoms with Crippen molar-refractivity contribution < 1.29 is 0 Å². The number of nitrogens with zero attached hydrogens (tertiary/aromatic N) is 2. The zero-order valence-corrected chi connectivity index (χ0v) is 34.5. The van der Waals surface area contributed by atoms with Crippen LogP contribution >= 0.6 is 0 Å². The molecule has 64 heavy (non-hydrogen) atoms. The summed E-state index contributed by atoms with van der Waals surface area (Å²) in [7, 11) is 0. The van der Waals surface area contributed by atoms with Crippen LogP contribution in [-0.4, -0.2) is 9.13 Å². The minimum atomic E-state index is 1.17. The van der Waals surface area contributed by atoms with Gasteiger partial charge in [0.15, 0.2) is 0 Å². The smallest absolute Gasteiger partial charge is 0.0633 e. The fourth-order valence-corrected chi connectivity index (χ4v) is 12.5. The lowest BCUT2D eigenvalue weighted by Crippen LogP contribution is -1.99. The molecule has 0 unspecified atom stereocenters. The number of rotatable bonds is 2. The normalized spacial score (nSPS) is 12.7. The van der Waals surface area contributed by atoms with E-state index in [1.807, 2.05) is 0 Å². The Bertz CT molecular complexity index is 4180. The molecule has 292 valence electrons. The maximum absolute atomic E-state index is 2.58. The highest BCUT2D eigenvalue weighted by Crippen LogP contribution is 2.53. The van der Waals surface area contributed by atoms with E-state index in [1.165, 1.54) is 153 Å². The second-order valence-electron chi connectivity index (χ2n) is 17.9. The van der Waals surface area contributed by atoms with Crippen LogP contribution < -0.4 is 0 Å². The first kappa shape index (κ1) is 33.2. The first-order valence-corrected chi connectivity index (χ1v) is 22.4. The van der Waals surface area contributed by atoms with Gasteiger partial charge in [0.1, 0.15) is 0 Å². The van der Waals surface area contributed by atoms with Gasteiger partial charge < -0.3 is 9.13 Å². The molecule has 0 aliphatic heterocycles. The summed E-state index contributed by atoms with van der Waals surface area (Å²) in [6.07, 6.45) is 0. The molecule has 0 atom stereocenters. The van der Waals surface area contributed by atoms with Gasteiger partial charge in [-0.05, 0) is 124 Å². The van der Waals surface area contributed by atoms with Crippen molar-refractivity contribution in [3.05, 3.63) is 206 Å². The van der Waals surface area contributed by atoms with Gasteiger partial charge in [-0.1, -0.05) is 170 Å². The molecule has 0 N–H and O–H groups in total. The maximum atomic E-state index is 2.58.